The van der Waals surface area contributed by atoms with Crippen molar-refractivity contribution in [1.29, 1.82) is 0 Å². The van der Waals surface area contributed by atoms with E-state index < -0.39 is 0 Å². The molecule has 1 aliphatic heterocycles. The Morgan fingerprint density at radius 1 is 1.50 bits per heavy atom. The van der Waals surface area contributed by atoms with E-state index in [1.807, 2.05) is 11.8 Å². The van der Waals surface area contributed by atoms with E-state index in [0.29, 0.717) is 5.37 Å². The van der Waals surface area contributed by atoms with Gasteiger partial charge in [-0.3, -0.25) is 0 Å². The number of rotatable bonds is 0. The fraction of sp³-hybridized carbons (Fsp3) is 0.750. The molecular weight excluding hydrogens is 142 g/mol. The number of hydrogen-bond donors (Lipinski definition) is 1. The maximum absolute atomic E-state index is 3.42. The van der Waals surface area contributed by atoms with Crippen LogP contribution in [0.5, 0.6) is 0 Å². The molecule has 0 radical (unpaired) electrons. The number of thioether (sulfide) groups is 1. The maximum Gasteiger partial charge on any atom is 0.0732 e. The van der Waals surface area contributed by atoms with Gasteiger partial charge < -0.3 is 5.32 Å². The zero-order valence-electron chi connectivity index (χ0n) is 7.06. The molecule has 1 atom stereocenters. The van der Waals surface area contributed by atoms with E-state index in [1.165, 1.54) is 5.70 Å². The quantitative estimate of drug-likeness (QED) is 0.580. The molecule has 58 valence electrons. The largest absolute Gasteiger partial charge is 0.376 e. The highest BCUT2D eigenvalue weighted by molar-refractivity contribution is 8.02. The second-order valence-electron chi connectivity index (χ2n) is 3.70. The van der Waals surface area contributed by atoms with Crippen molar-refractivity contribution in [3.05, 3.63) is 11.1 Å². The summed E-state index contributed by atoms with van der Waals surface area (Å²) < 4.78 is 0. The molecule has 1 aliphatic rings. The van der Waals surface area contributed by atoms with Gasteiger partial charge in [0.25, 0.3) is 0 Å². The molecule has 0 fully saturated rings. The van der Waals surface area contributed by atoms with Crippen molar-refractivity contribution in [2.24, 2.45) is 5.41 Å². The van der Waals surface area contributed by atoms with Crippen LogP contribution in [0.25, 0.3) is 0 Å². The number of allylic oxidation sites excluding steroid dienone is 1. The normalized spacial score (nSPS) is 26.0. The molecule has 0 aromatic heterocycles. The molecule has 10 heavy (non-hydrogen) atoms. The van der Waals surface area contributed by atoms with Gasteiger partial charge in [0, 0.05) is 11.1 Å². The topological polar surface area (TPSA) is 12.0 Å². The molecule has 0 amide bonds. The van der Waals surface area contributed by atoms with Gasteiger partial charge in [0.1, 0.15) is 0 Å². The maximum atomic E-state index is 3.42. The SMILES string of the molecule is CC1NC(C(C)(C)C)=CS1. The zero-order valence-corrected chi connectivity index (χ0v) is 7.88. The van der Waals surface area contributed by atoms with Crippen LogP contribution >= 0.6 is 11.8 Å². The van der Waals surface area contributed by atoms with Crippen molar-refractivity contribution in [2.45, 2.75) is 33.1 Å². The van der Waals surface area contributed by atoms with Crippen LogP contribution in [0.3, 0.4) is 0 Å². The Hall–Kier alpha value is -0.110. The molecule has 0 aromatic rings. The summed E-state index contributed by atoms with van der Waals surface area (Å²) in [5.74, 6) is 0. The van der Waals surface area contributed by atoms with E-state index in [-0.39, 0.29) is 5.41 Å². The summed E-state index contributed by atoms with van der Waals surface area (Å²) in [7, 11) is 0. The van der Waals surface area contributed by atoms with Crippen LogP contribution in [-0.4, -0.2) is 5.37 Å². The van der Waals surface area contributed by atoms with E-state index in [4.69, 9.17) is 0 Å². The molecule has 1 heterocycles. The van der Waals surface area contributed by atoms with E-state index in [0.717, 1.165) is 0 Å². The van der Waals surface area contributed by atoms with Crippen molar-refractivity contribution in [1.82, 2.24) is 5.32 Å². The summed E-state index contributed by atoms with van der Waals surface area (Å²) in [6.45, 7) is 8.86. The summed E-state index contributed by atoms with van der Waals surface area (Å²) in [6.07, 6.45) is 0. The zero-order chi connectivity index (χ0) is 7.78. The lowest BCUT2D eigenvalue weighted by molar-refractivity contribution is 0.464. The molecule has 1 N–H and O–H groups in total. The van der Waals surface area contributed by atoms with Crippen LogP contribution in [0.1, 0.15) is 27.7 Å². The predicted octanol–water partition coefficient (Wildman–Crippen LogP) is 2.56. The van der Waals surface area contributed by atoms with Crippen molar-refractivity contribution in [2.75, 3.05) is 0 Å². The lowest BCUT2D eigenvalue weighted by atomic mass is 9.93. The van der Waals surface area contributed by atoms with Gasteiger partial charge in [0.15, 0.2) is 0 Å². The fourth-order valence-electron chi connectivity index (χ4n) is 0.850. The molecule has 1 rings (SSSR count). The lowest BCUT2D eigenvalue weighted by Crippen LogP contribution is -2.25. The first kappa shape index (κ1) is 7.99. The first-order valence-electron chi connectivity index (χ1n) is 3.63. The minimum atomic E-state index is 0.289. The molecule has 0 aromatic carbocycles. The highest BCUT2D eigenvalue weighted by atomic mass is 32.2. The number of hydrogen-bond acceptors (Lipinski definition) is 2. The van der Waals surface area contributed by atoms with Gasteiger partial charge >= 0.3 is 0 Å². The third-order valence-electron chi connectivity index (χ3n) is 1.56. The van der Waals surface area contributed by atoms with Crippen molar-refractivity contribution >= 4 is 11.8 Å². The highest BCUT2D eigenvalue weighted by Gasteiger charge is 2.22. The third-order valence-corrected chi connectivity index (χ3v) is 2.45. The Balaban J connectivity index is 2.60. The van der Waals surface area contributed by atoms with Crippen LogP contribution in [0.2, 0.25) is 0 Å². The van der Waals surface area contributed by atoms with Crippen LogP contribution in [-0.2, 0) is 0 Å². The summed E-state index contributed by atoms with van der Waals surface area (Å²) in [6, 6.07) is 0. The Kier molecular flexibility index (Phi) is 1.99. The summed E-state index contributed by atoms with van der Waals surface area (Å²) in [5.41, 5.74) is 1.66. The van der Waals surface area contributed by atoms with Gasteiger partial charge in [0.2, 0.25) is 0 Å². The van der Waals surface area contributed by atoms with Crippen molar-refractivity contribution < 1.29 is 0 Å². The van der Waals surface area contributed by atoms with Gasteiger partial charge in [-0.15, -0.1) is 11.8 Å². The Bertz CT molecular complexity index is 155. The van der Waals surface area contributed by atoms with Crippen molar-refractivity contribution in [3.63, 3.8) is 0 Å². The number of nitrogens with one attached hydrogen (secondary N) is 1. The lowest BCUT2D eigenvalue weighted by Gasteiger charge is -2.21. The highest BCUT2D eigenvalue weighted by Crippen LogP contribution is 2.31. The van der Waals surface area contributed by atoms with Gasteiger partial charge in [-0.05, 0) is 12.3 Å². The van der Waals surface area contributed by atoms with Gasteiger partial charge in [-0.2, -0.15) is 0 Å². The van der Waals surface area contributed by atoms with Gasteiger partial charge in [0.05, 0.1) is 5.37 Å². The Morgan fingerprint density at radius 3 is 2.30 bits per heavy atom. The molecule has 2 heteroatoms. The molecule has 1 unspecified atom stereocenters. The first-order chi connectivity index (χ1) is 4.50. The molecule has 0 aliphatic carbocycles. The van der Waals surface area contributed by atoms with E-state index in [2.05, 4.69) is 38.4 Å². The van der Waals surface area contributed by atoms with Crippen LogP contribution in [0.15, 0.2) is 11.1 Å². The molecule has 1 nitrogen and oxygen atoms in total. The minimum Gasteiger partial charge on any atom is -0.376 e. The van der Waals surface area contributed by atoms with Crippen LogP contribution in [0, 0.1) is 5.41 Å². The second-order valence-corrected chi connectivity index (χ2v) is 4.92. The van der Waals surface area contributed by atoms with Crippen molar-refractivity contribution in [3.8, 4) is 0 Å². The molecular formula is C8H15NS. The molecule has 0 spiro atoms. The molecule has 0 bridgehead atoms. The van der Waals surface area contributed by atoms with Crippen LogP contribution in [0.4, 0.5) is 0 Å². The third kappa shape index (κ3) is 1.69. The smallest absolute Gasteiger partial charge is 0.0732 e. The summed E-state index contributed by atoms with van der Waals surface area (Å²) >= 11 is 1.86. The van der Waals surface area contributed by atoms with Gasteiger partial charge in [-0.1, -0.05) is 20.8 Å². The van der Waals surface area contributed by atoms with Crippen LogP contribution < -0.4 is 5.32 Å². The monoisotopic (exact) mass is 157 g/mol. The fourth-order valence-corrected chi connectivity index (χ4v) is 1.81. The summed E-state index contributed by atoms with van der Waals surface area (Å²) in [5, 5.41) is 6.21. The first-order valence-corrected chi connectivity index (χ1v) is 4.57. The standard InChI is InChI=1S/C8H15NS/c1-6-9-7(5-10-6)8(2,3)4/h5-6,9H,1-4H3. The predicted molar refractivity (Wildman–Crippen MR) is 47.7 cm³/mol. The molecule has 0 saturated carbocycles. The Morgan fingerprint density at radius 2 is 2.10 bits per heavy atom. The minimum absolute atomic E-state index is 0.289. The Labute approximate surface area is 67.3 Å². The average molecular weight is 157 g/mol. The average Bonchev–Trinajstić information content (AvgIpc) is 2.11. The van der Waals surface area contributed by atoms with E-state index in [1.54, 1.807) is 0 Å². The second kappa shape index (κ2) is 2.50. The van der Waals surface area contributed by atoms with E-state index in [9.17, 15) is 0 Å². The van der Waals surface area contributed by atoms with E-state index >= 15 is 0 Å². The molecule has 0 saturated heterocycles. The van der Waals surface area contributed by atoms with Gasteiger partial charge in [-0.25, -0.2) is 0 Å². The summed E-state index contributed by atoms with van der Waals surface area (Å²) in [4.78, 5) is 0.